The number of hydrogen-bond acceptors (Lipinski definition) is 13. The summed E-state index contributed by atoms with van der Waals surface area (Å²) in [6, 6.07) is 6.08. The third-order valence-corrected chi connectivity index (χ3v) is 5.44. The number of rotatable bonds is 8. The Morgan fingerprint density at radius 2 is 1.63 bits per heavy atom. The van der Waals surface area contributed by atoms with E-state index in [0.29, 0.717) is 5.56 Å². The molecule has 0 amide bonds. The SMILES string of the molecule is CC(=O)OCC1OC(Oc2ccc(C(=O)C=Cc3ccc(O)c(O)c3)c(O)c2O)C(O)C(O)C1OC(C)=O. The Morgan fingerprint density at radius 3 is 2.26 bits per heavy atom. The minimum atomic E-state index is -1.81. The third kappa shape index (κ3) is 6.51. The molecule has 0 aliphatic carbocycles. The van der Waals surface area contributed by atoms with Gasteiger partial charge in [-0.25, -0.2) is 0 Å². The van der Waals surface area contributed by atoms with Gasteiger partial charge in [0.15, 0.2) is 34.9 Å². The van der Waals surface area contributed by atoms with Gasteiger partial charge in [-0.15, -0.1) is 0 Å². The Labute approximate surface area is 215 Å². The first-order valence-corrected chi connectivity index (χ1v) is 11.2. The van der Waals surface area contributed by atoms with Gasteiger partial charge in [0.25, 0.3) is 0 Å². The summed E-state index contributed by atoms with van der Waals surface area (Å²) in [6.07, 6.45) is -5.53. The average Bonchev–Trinajstić information content (AvgIpc) is 2.85. The van der Waals surface area contributed by atoms with Crippen LogP contribution in [0, 0.1) is 0 Å². The van der Waals surface area contributed by atoms with Crippen molar-refractivity contribution < 1.29 is 64.0 Å². The van der Waals surface area contributed by atoms with Crippen LogP contribution in [0.5, 0.6) is 28.7 Å². The average molecular weight is 534 g/mol. The van der Waals surface area contributed by atoms with E-state index in [1.54, 1.807) is 0 Å². The van der Waals surface area contributed by atoms with Crippen molar-refractivity contribution in [2.45, 2.75) is 44.6 Å². The van der Waals surface area contributed by atoms with Crippen LogP contribution < -0.4 is 4.74 Å². The minimum Gasteiger partial charge on any atom is -0.504 e. The van der Waals surface area contributed by atoms with E-state index >= 15 is 0 Å². The van der Waals surface area contributed by atoms with Crippen molar-refractivity contribution in [2.75, 3.05) is 6.61 Å². The molecule has 204 valence electrons. The van der Waals surface area contributed by atoms with E-state index in [1.165, 1.54) is 24.3 Å². The number of aliphatic hydroxyl groups excluding tert-OH is 2. The van der Waals surface area contributed by atoms with Crippen molar-refractivity contribution in [3.63, 3.8) is 0 Å². The van der Waals surface area contributed by atoms with Gasteiger partial charge in [-0.1, -0.05) is 12.1 Å². The fourth-order valence-corrected chi connectivity index (χ4v) is 3.56. The number of carbonyl (C=O) groups excluding carboxylic acids is 3. The maximum absolute atomic E-state index is 12.5. The number of benzene rings is 2. The molecule has 0 radical (unpaired) electrons. The summed E-state index contributed by atoms with van der Waals surface area (Å²) in [5.74, 6) is -5.12. The molecule has 1 fully saturated rings. The van der Waals surface area contributed by atoms with Crippen molar-refractivity contribution in [1.29, 1.82) is 0 Å². The second-order valence-electron chi connectivity index (χ2n) is 8.27. The topological polar surface area (TPSA) is 210 Å². The van der Waals surface area contributed by atoms with Gasteiger partial charge < -0.3 is 49.6 Å². The van der Waals surface area contributed by atoms with Crippen LogP contribution in [0.2, 0.25) is 0 Å². The maximum atomic E-state index is 12.5. The van der Waals surface area contributed by atoms with Crippen LogP contribution in [0.3, 0.4) is 0 Å². The molecule has 2 aromatic rings. The molecule has 5 atom stereocenters. The van der Waals surface area contributed by atoms with E-state index < -0.39 is 78.0 Å². The summed E-state index contributed by atoms with van der Waals surface area (Å²) < 4.78 is 20.8. The van der Waals surface area contributed by atoms with E-state index in [-0.39, 0.29) is 11.3 Å². The highest BCUT2D eigenvalue weighted by atomic mass is 16.7. The molecule has 13 nitrogen and oxygen atoms in total. The summed E-state index contributed by atoms with van der Waals surface area (Å²) in [5.41, 5.74) is 0.0524. The van der Waals surface area contributed by atoms with Gasteiger partial charge in [0.05, 0.1) is 5.56 Å². The lowest BCUT2D eigenvalue weighted by Crippen LogP contribution is -2.61. The summed E-state index contributed by atoms with van der Waals surface area (Å²) >= 11 is 0. The molecular weight excluding hydrogens is 508 g/mol. The second kappa shape index (κ2) is 11.8. The molecule has 1 aliphatic heterocycles. The molecule has 0 saturated carbocycles. The number of allylic oxidation sites excluding steroid dienone is 1. The van der Waals surface area contributed by atoms with Crippen LogP contribution in [0.25, 0.3) is 6.08 Å². The standard InChI is InChI=1S/C25H26O13/c1-11(26)35-10-19-24(36-12(2)27)22(33)23(34)25(38-19)37-18-8-5-14(20(31)21(18)32)15(28)6-3-13-4-7-16(29)17(30)9-13/h3-9,19,22-25,29-34H,10H2,1-2H3. The zero-order valence-electron chi connectivity index (χ0n) is 20.2. The predicted molar refractivity (Wildman–Crippen MR) is 126 cm³/mol. The first-order chi connectivity index (χ1) is 17.9. The van der Waals surface area contributed by atoms with E-state index in [0.717, 1.165) is 32.1 Å². The van der Waals surface area contributed by atoms with Crippen molar-refractivity contribution in [3.05, 3.63) is 47.5 Å². The summed E-state index contributed by atoms with van der Waals surface area (Å²) in [5, 5.41) is 60.6. The number of aromatic hydroxyl groups is 4. The maximum Gasteiger partial charge on any atom is 0.303 e. The molecular formula is C25H26O13. The largest absolute Gasteiger partial charge is 0.504 e. The molecule has 1 saturated heterocycles. The molecule has 2 aromatic carbocycles. The predicted octanol–water partition coefficient (Wildman–Crippen LogP) is 0.725. The van der Waals surface area contributed by atoms with E-state index in [4.69, 9.17) is 18.9 Å². The van der Waals surface area contributed by atoms with Gasteiger partial charge in [0.1, 0.15) is 24.9 Å². The lowest BCUT2D eigenvalue weighted by atomic mass is 9.99. The van der Waals surface area contributed by atoms with Crippen molar-refractivity contribution in [3.8, 4) is 28.7 Å². The van der Waals surface area contributed by atoms with E-state index in [2.05, 4.69) is 0 Å². The molecule has 1 aliphatic rings. The van der Waals surface area contributed by atoms with Gasteiger partial charge in [-0.2, -0.15) is 0 Å². The first kappa shape index (κ1) is 28.2. The Hall–Kier alpha value is -4.33. The van der Waals surface area contributed by atoms with Crippen LogP contribution in [0.1, 0.15) is 29.8 Å². The molecule has 0 bridgehead atoms. The molecule has 5 unspecified atom stereocenters. The number of carbonyl (C=O) groups is 3. The summed E-state index contributed by atoms with van der Waals surface area (Å²) in [7, 11) is 0. The van der Waals surface area contributed by atoms with Crippen molar-refractivity contribution in [2.24, 2.45) is 0 Å². The van der Waals surface area contributed by atoms with Crippen LogP contribution in [-0.2, 0) is 23.8 Å². The summed E-state index contributed by atoms with van der Waals surface area (Å²) in [6.45, 7) is 1.72. The van der Waals surface area contributed by atoms with Gasteiger partial charge >= 0.3 is 11.9 Å². The number of ketones is 1. The zero-order valence-corrected chi connectivity index (χ0v) is 20.2. The van der Waals surface area contributed by atoms with Crippen molar-refractivity contribution >= 4 is 23.8 Å². The zero-order chi connectivity index (χ0) is 28.1. The highest BCUT2D eigenvalue weighted by Crippen LogP contribution is 2.40. The normalized spacial score (nSPS) is 23.1. The van der Waals surface area contributed by atoms with Crippen LogP contribution in [0.15, 0.2) is 36.4 Å². The fraction of sp³-hybridized carbons (Fsp3) is 0.320. The molecule has 1 heterocycles. The number of aliphatic hydroxyl groups is 2. The molecule has 3 rings (SSSR count). The Kier molecular flexibility index (Phi) is 8.78. The van der Waals surface area contributed by atoms with Gasteiger partial charge in [0.2, 0.25) is 12.0 Å². The lowest BCUT2D eigenvalue weighted by molar-refractivity contribution is -0.282. The summed E-state index contributed by atoms with van der Waals surface area (Å²) in [4.78, 5) is 35.2. The number of phenols is 4. The van der Waals surface area contributed by atoms with Gasteiger partial charge in [-0.05, 0) is 35.9 Å². The van der Waals surface area contributed by atoms with Gasteiger partial charge in [0, 0.05) is 13.8 Å². The third-order valence-electron chi connectivity index (χ3n) is 5.44. The van der Waals surface area contributed by atoms with Crippen LogP contribution in [-0.4, -0.2) is 85.7 Å². The first-order valence-electron chi connectivity index (χ1n) is 11.2. The van der Waals surface area contributed by atoms with Crippen molar-refractivity contribution in [1.82, 2.24) is 0 Å². The Bertz CT molecular complexity index is 1240. The molecule has 0 aromatic heterocycles. The fourth-order valence-electron chi connectivity index (χ4n) is 3.56. The quantitative estimate of drug-likeness (QED) is 0.120. The van der Waals surface area contributed by atoms with Crippen LogP contribution >= 0.6 is 0 Å². The highest BCUT2D eigenvalue weighted by Gasteiger charge is 2.48. The number of hydrogen-bond donors (Lipinski definition) is 6. The molecule has 38 heavy (non-hydrogen) atoms. The highest BCUT2D eigenvalue weighted by molar-refractivity contribution is 6.09. The monoisotopic (exact) mass is 534 g/mol. The number of esters is 2. The molecule has 6 N–H and O–H groups in total. The van der Waals surface area contributed by atoms with E-state index in [9.17, 15) is 45.0 Å². The molecule has 13 heteroatoms. The van der Waals surface area contributed by atoms with Gasteiger partial charge in [-0.3, -0.25) is 14.4 Å². The second-order valence-corrected chi connectivity index (χ2v) is 8.27. The smallest absolute Gasteiger partial charge is 0.303 e. The Morgan fingerprint density at radius 1 is 0.921 bits per heavy atom. The van der Waals surface area contributed by atoms with Crippen LogP contribution in [0.4, 0.5) is 0 Å². The minimum absolute atomic E-state index is 0.318. The number of ether oxygens (including phenoxy) is 4. The Balaban J connectivity index is 1.79. The van der Waals surface area contributed by atoms with E-state index in [1.807, 2.05) is 0 Å². The molecule has 0 spiro atoms. The number of phenolic OH excluding ortho intramolecular Hbond substituents is 4. The lowest BCUT2D eigenvalue weighted by Gasteiger charge is -2.41.